The number of nitrogens with zero attached hydrogens (tertiary/aromatic N) is 2. The van der Waals surface area contributed by atoms with Crippen LogP contribution in [0.1, 0.15) is 25.0 Å². The quantitative estimate of drug-likeness (QED) is 0.194. The molecule has 2 aliphatic rings. The number of benzene rings is 5. The predicted octanol–water partition coefficient (Wildman–Crippen LogP) is 9.89. The van der Waals surface area contributed by atoms with Gasteiger partial charge in [-0.1, -0.05) is 62.4 Å². The SMILES string of the molecule is CC1(C)c2cc(-c3ccccn3)ccc2N2c3ccc(-c4ccc5oc6ccccc6c(=O)c5c4)cc3Oc3cccc1c32. The number of para-hydroxylation sites is 2. The minimum atomic E-state index is -0.251. The Morgan fingerprint density at radius 1 is 0.636 bits per heavy atom. The minimum absolute atomic E-state index is 0.0306. The van der Waals surface area contributed by atoms with Crippen molar-refractivity contribution in [1.29, 1.82) is 0 Å². The van der Waals surface area contributed by atoms with Gasteiger partial charge in [-0.2, -0.15) is 0 Å². The number of ether oxygens (including phenoxy) is 1. The zero-order chi connectivity index (χ0) is 29.6. The zero-order valence-electron chi connectivity index (χ0n) is 24.2. The Balaban J connectivity index is 1.20. The van der Waals surface area contributed by atoms with Crippen LogP contribution in [0.4, 0.5) is 17.1 Å². The molecule has 0 radical (unpaired) electrons. The highest BCUT2D eigenvalue weighted by atomic mass is 16.5. The van der Waals surface area contributed by atoms with E-state index in [0.717, 1.165) is 50.9 Å². The normalized spacial score (nSPS) is 14.1. The lowest BCUT2D eigenvalue weighted by Crippen LogP contribution is -2.32. The van der Waals surface area contributed by atoms with Crippen LogP contribution in [0, 0.1) is 0 Å². The summed E-state index contributed by atoms with van der Waals surface area (Å²) >= 11 is 0. The van der Waals surface area contributed by atoms with E-state index in [1.807, 2.05) is 72.9 Å². The first kappa shape index (κ1) is 24.9. The first-order valence-corrected chi connectivity index (χ1v) is 14.7. The van der Waals surface area contributed by atoms with Crippen molar-refractivity contribution in [2.45, 2.75) is 19.3 Å². The number of hydrogen-bond acceptors (Lipinski definition) is 5. The second-order valence-corrected chi connectivity index (χ2v) is 12.0. The molecule has 44 heavy (non-hydrogen) atoms. The fraction of sp³-hybridized carbons (Fsp3) is 0.0769. The van der Waals surface area contributed by atoms with Crippen LogP contribution < -0.4 is 15.1 Å². The lowest BCUT2D eigenvalue weighted by atomic mass is 9.72. The summed E-state index contributed by atoms with van der Waals surface area (Å²) in [4.78, 5) is 20.3. The standard InChI is InChI=1S/C39H26N2O3/c1-39(2)28-9-7-12-35-37(28)41(31-16-14-25(21-29(31)39)30-10-5-6-19-40-30)32-17-13-24(22-36(32)44-35)23-15-18-34-27(20-23)38(42)26-8-3-4-11-33(26)43-34/h3-22H,1-2H3. The van der Waals surface area contributed by atoms with Crippen molar-refractivity contribution in [3.63, 3.8) is 0 Å². The average Bonchev–Trinajstić information content (AvgIpc) is 3.06. The maximum atomic E-state index is 13.4. The third-order valence-corrected chi connectivity index (χ3v) is 9.10. The molecule has 2 aromatic heterocycles. The van der Waals surface area contributed by atoms with Crippen molar-refractivity contribution in [3.8, 4) is 33.9 Å². The topological polar surface area (TPSA) is 55.6 Å². The van der Waals surface area contributed by atoms with E-state index in [2.05, 4.69) is 72.3 Å². The third-order valence-electron chi connectivity index (χ3n) is 9.10. The van der Waals surface area contributed by atoms with Gasteiger partial charge in [-0.3, -0.25) is 9.78 Å². The van der Waals surface area contributed by atoms with Crippen molar-refractivity contribution < 1.29 is 9.15 Å². The highest BCUT2D eigenvalue weighted by Gasteiger charge is 2.41. The highest BCUT2D eigenvalue weighted by Crippen LogP contribution is 2.60. The molecule has 4 heterocycles. The van der Waals surface area contributed by atoms with Gasteiger partial charge in [0.25, 0.3) is 0 Å². The molecular weight excluding hydrogens is 544 g/mol. The summed E-state index contributed by atoms with van der Waals surface area (Å²) in [5, 5.41) is 1.14. The summed E-state index contributed by atoms with van der Waals surface area (Å²) in [5.41, 5.74) is 10.4. The van der Waals surface area contributed by atoms with E-state index in [9.17, 15) is 4.79 Å². The van der Waals surface area contributed by atoms with Crippen molar-refractivity contribution >= 4 is 39.0 Å². The summed E-state index contributed by atoms with van der Waals surface area (Å²) in [6.45, 7) is 4.55. The van der Waals surface area contributed by atoms with Gasteiger partial charge in [0, 0.05) is 17.2 Å². The van der Waals surface area contributed by atoms with E-state index in [-0.39, 0.29) is 10.8 Å². The molecule has 5 nitrogen and oxygen atoms in total. The number of anilines is 3. The van der Waals surface area contributed by atoms with Gasteiger partial charge in [-0.15, -0.1) is 0 Å². The molecule has 2 aliphatic heterocycles. The molecule has 5 heteroatoms. The molecule has 9 rings (SSSR count). The molecule has 0 unspecified atom stereocenters. The summed E-state index contributed by atoms with van der Waals surface area (Å²) in [5.74, 6) is 1.59. The van der Waals surface area contributed by atoms with Crippen LogP contribution in [-0.4, -0.2) is 4.98 Å². The maximum absolute atomic E-state index is 13.4. The minimum Gasteiger partial charge on any atom is -0.456 e. The number of pyridine rings is 1. The van der Waals surface area contributed by atoms with Crippen LogP contribution in [0.25, 0.3) is 44.3 Å². The fourth-order valence-corrected chi connectivity index (χ4v) is 6.84. The Morgan fingerprint density at radius 3 is 2.30 bits per heavy atom. The number of aromatic nitrogens is 1. The Bertz CT molecular complexity index is 2370. The lowest BCUT2D eigenvalue weighted by molar-refractivity contribution is 0.471. The highest BCUT2D eigenvalue weighted by molar-refractivity contribution is 5.96. The molecule has 0 atom stereocenters. The average molecular weight is 571 g/mol. The van der Waals surface area contributed by atoms with Crippen LogP contribution in [0.5, 0.6) is 11.5 Å². The number of fused-ring (bicyclic) bond motifs is 6. The first-order chi connectivity index (χ1) is 21.5. The molecule has 0 spiro atoms. The van der Waals surface area contributed by atoms with Gasteiger partial charge in [-0.25, -0.2) is 0 Å². The molecule has 0 N–H and O–H groups in total. The van der Waals surface area contributed by atoms with E-state index >= 15 is 0 Å². The Hall–Kier alpha value is -5.68. The van der Waals surface area contributed by atoms with Gasteiger partial charge < -0.3 is 14.1 Å². The Morgan fingerprint density at radius 2 is 1.41 bits per heavy atom. The molecular formula is C39H26N2O3. The van der Waals surface area contributed by atoms with E-state index in [4.69, 9.17) is 9.15 Å². The van der Waals surface area contributed by atoms with Gasteiger partial charge in [-0.05, 0) is 89.0 Å². The summed E-state index contributed by atoms with van der Waals surface area (Å²) in [6, 6.07) is 38.4. The maximum Gasteiger partial charge on any atom is 0.200 e. The summed E-state index contributed by atoms with van der Waals surface area (Å²) < 4.78 is 12.7. The van der Waals surface area contributed by atoms with Gasteiger partial charge in [0.1, 0.15) is 11.2 Å². The van der Waals surface area contributed by atoms with E-state index in [1.165, 1.54) is 11.1 Å². The fourth-order valence-electron chi connectivity index (χ4n) is 6.84. The Labute approximate surface area is 253 Å². The second kappa shape index (κ2) is 8.91. The van der Waals surface area contributed by atoms with Crippen LogP contribution >= 0.6 is 0 Å². The molecule has 0 bridgehead atoms. The molecule has 0 saturated carbocycles. The van der Waals surface area contributed by atoms with Crippen LogP contribution in [0.15, 0.2) is 131 Å². The van der Waals surface area contributed by atoms with Crippen molar-refractivity contribution in [2.75, 3.05) is 4.90 Å². The summed E-state index contributed by atoms with van der Waals surface area (Å²) in [6.07, 6.45) is 1.84. The van der Waals surface area contributed by atoms with Crippen LogP contribution in [-0.2, 0) is 5.41 Å². The largest absolute Gasteiger partial charge is 0.456 e. The van der Waals surface area contributed by atoms with Gasteiger partial charge in [0.05, 0.1) is 33.5 Å². The predicted molar refractivity (Wildman–Crippen MR) is 176 cm³/mol. The van der Waals surface area contributed by atoms with E-state index in [1.54, 1.807) is 0 Å². The summed E-state index contributed by atoms with van der Waals surface area (Å²) in [7, 11) is 0. The second-order valence-electron chi connectivity index (χ2n) is 12.0. The van der Waals surface area contributed by atoms with Gasteiger partial charge >= 0.3 is 0 Å². The van der Waals surface area contributed by atoms with Gasteiger partial charge in [0.2, 0.25) is 5.43 Å². The van der Waals surface area contributed by atoms with E-state index < -0.39 is 0 Å². The molecule has 0 saturated heterocycles. The first-order valence-electron chi connectivity index (χ1n) is 14.7. The lowest BCUT2D eigenvalue weighted by Gasteiger charge is -2.45. The smallest absolute Gasteiger partial charge is 0.200 e. The molecule has 7 aromatic rings. The van der Waals surface area contributed by atoms with Crippen LogP contribution in [0.2, 0.25) is 0 Å². The number of rotatable bonds is 2. The monoisotopic (exact) mass is 570 g/mol. The van der Waals surface area contributed by atoms with Crippen LogP contribution in [0.3, 0.4) is 0 Å². The van der Waals surface area contributed by atoms with E-state index in [0.29, 0.717) is 21.9 Å². The van der Waals surface area contributed by atoms with Crippen molar-refractivity contribution in [1.82, 2.24) is 4.98 Å². The zero-order valence-corrected chi connectivity index (χ0v) is 24.2. The molecule has 0 amide bonds. The number of hydrogen-bond donors (Lipinski definition) is 0. The molecule has 210 valence electrons. The third kappa shape index (κ3) is 3.47. The van der Waals surface area contributed by atoms with Crippen molar-refractivity contribution in [3.05, 3.63) is 143 Å². The Kier molecular flexibility index (Phi) is 5.04. The molecule has 0 aliphatic carbocycles. The molecule has 0 fully saturated rings. The van der Waals surface area contributed by atoms with Crippen molar-refractivity contribution in [2.24, 2.45) is 0 Å². The van der Waals surface area contributed by atoms with Gasteiger partial charge in [0.15, 0.2) is 11.5 Å². The molecule has 5 aromatic carbocycles.